The van der Waals surface area contributed by atoms with E-state index >= 15 is 0 Å². The molecule has 1 aliphatic carbocycles. The highest BCUT2D eigenvalue weighted by Crippen LogP contribution is 2.52. The van der Waals surface area contributed by atoms with Crippen LogP contribution in [0.1, 0.15) is 25.0 Å². The average Bonchev–Trinajstić information content (AvgIpc) is 3.77. The zero-order chi connectivity index (χ0) is 41.1. The van der Waals surface area contributed by atoms with Crippen LogP contribution in [-0.2, 0) is 5.41 Å². The average molecular weight is 792 g/mol. The van der Waals surface area contributed by atoms with Crippen molar-refractivity contribution in [3.8, 4) is 51.0 Å². The molecule has 9 aromatic carbocycles. The van der Waals surface area contributed by atoms with Gasteiger partial charge < -0.3 is 0 Å². The molecule has 0 bridgehead atoms. The van der Waals surface area contributed by atoms with Gasteiger partial charge in [-0.1, -0.05) is 147 Å². The van der Waals surface area contributed by atoms with Gasteiger partial charge in [0, 0.05) is 44.5 Å². The molecule has 0 unspecified atom stereocenters. The topological polar surface area (TPSA) is 56.5 Å². The summed E-state index contributed by atoms with van der Waals surface area (Å²) in [5, 5.41) is 10.5. The Bertz CT molecular complexity index is 3760. The molecule has 290 valence electrons. The molecule has 0 spiro atoms. The lowest BCUT2D eigenvalue weighted by Crippen LogP contribution is -2.15. The van der Waals surface area contributed by atoms with E-state index in [1.165, 1.54) is 43.8 Å². The van der Waals surface area contributed by atoms with Crippen LogP contribution in [0.25, 0.3) is 116 Å². The second-order valence-corrected chi connectivity index (χ2v) is 17.1. The first kappa shape index (κ1) is 34.8. The molecule has 0 radical (unpaired) electrons. The van der Waals surface area contributed by atoms with Crippen LogP contribution in [0.5, 0.6) is 0 Å². The molecule has 5 heteroatoms. The molecule has 12 aromatic rings. The normalized spacial score (nSPS) is 13.1. The number of pyridine rings is 1. The molecule has 62 heavy (non-hydrogen) atoms. The number of aromatic nitrogens is 5. The number of benzene rings is 9. The van der Waals surface area contributed by atoms with Crippen molar-refractivity contribution in [1.29, 1.82) is 0 Å². The van der Waals surface area contributed by atoms with Crippen LogP contribution in [0.3, 0.4) is 0 Å². The van der Waals surface area contributed by atoms with Crippen LogP contribution < -0.4 is 0 Å². The number of hydrogen-bond donors (Lipinski definition) is 0. The van der Waals surface area contributed by atoms with Crippen LogP contribution in [0.2, 0.25) is 0 Å². The van der Waals surface area contributed by atoms with Crippen LogP contribution in [0.15, 0.2) is 188 Å². The Morgan fingerprint density at radius 1 is 0.419 bits per heavy atom. The number of hydrogen-bond acceptors (Lipinski definition) is 4. The van der Waals surface area contributed by atoms with E-state index in [1.807, 2.05) is 18.3 Å². The molecule has 0 amide bonds. The van der Waals surface area contributed by atoms with Crippen LogP contribution >= 0.6 is 0 Å². The predicted octanol–water partition coefficient (Wildman–Crippen LogP) is 14.3. The summed E-state index contributed by atoms with van der Waals surface area (Å²) in [6.07, 6.45) is 1.83. The second kappa shape index (κ2) is 13.0. The maximum Gasteiger partial charge on any atom is 0.238 e. The van der Waals surface area contributed by atoms with Gasteiger partial charge in [0.15, 0.2) is 11.6 Å². The van der Waals surface area contributed by atoms with Crippen LogP contribution in [-0.4, -0.2) is 24.5 Å². The van der Waals surface area contributed by atoms with Crippen molar-refractivity contribution < 1.29 is 0 Å². The van der Waals surface area contributed by atoms with Gasteiger partial charge in [0.2, 0.25) is 5.95 Å². The van der Waals surface area contributed by atoms with Crippen molar-refractivity contribution in [3.05, 3.63) is 199 Å². The first-order chi connectivity index (χ1) is 30.5. The molecule has 3 heterocycles. The van der Waals surface area contributed by atoms with Gasteiger partial charge in [-0.2, -0.15) is 9.97 Å². The molecule has 0 N–H and O–H groups in total. The number of para-hydroxylation sites is 1. The Kier molecular flexibility index (Phi) is 7.29. The summed E-state index contributed by atoms with van der Waals surface area (Å²) in [5.41, 5.74) is 12.3. The third-order valence-electron chi connectivity index (χ3n) is 13.2. The molecule has 0 aliphatic heterocycles. The summed E-state index contributed by atoms with van der Waals surface area (Å²) in [6, 6.07) is 65.5. The summed E-state index contributed by atoms with van der Waals surface area (Å²) in [7, 11) is 0. The van der Waals surface area contributed by atoms with E-state index in [2.05, 4.69) is 193 Å². The van der Waals surface area contributed by atoms with E-state index in [4.69, 9.17) is 15.0 Å². The molecule has 0 saturated heterocycles. The SMILES string of the molecule is CC1(C)c2cc(-c3cccc4c5cc6ccccc6cc5n(-c5nc(-c6ccc7ccccc7c6)nc(-c6ccc7ncccc7c6)n5)c34)ccc2-c2c1ccc1ccccc21. The van der Waals surface area contributed by atoms with Crippen molar-refractivity contribution in [2.45, 2.75) is 19.3 Å². The van der Waals surface area contributed by atoms with Gasteiger partial charge in [-0.3, -0.25) is 9.55 Å². The fraction of sp³-hybridized carbons (Fsp3) is 0.0526. The van der Waals surface area contributed by atoms with Gasteiger partial charge in [0.05, 0.1) is 16.6 Å². The number of fused-ring (bicyclic) bond motifs is 11. The van der Waals surface area contributed by atoms with Gasteiger partial charge in [-0.05, 0) is 109 Å². The van der Waals surface area contributed by atoms with Crippen molar-refractivity contribution in [2.24, 2.45) is 0 Å². The Hall–Kier alpha value is -8.02. The minimum absolute atomic E-state index is 0.184. The van der Waals surface area contributed by atoms with Crippen LogP contribution in [0, 0.1) is 0 Å². The van der Waals surface area contributed by atoms with E-state index in [0.717, 1.165) is 65.7 Å². The largest absolute Gasteiger partial charge is 0.277 e. The highest BCUT2D eigenvalue weighted by molar-refractivity contribution is 6.17. The molecule has 0 atom stereocenters. The molecular formula is C57H37N5. The van der Waals surface area contributed by atoms with E-state index in [-0.39, 0.29) is 5.41 Å². The highest BCUT2D eigenvalue weighted by Gasteiger charge is 2.37. The lowest BCUT2D eigenvalue weighted by atomic mass is 9.81. The van der Waals surface area contributed by atoms with Crippen LogP contribution in [0.4, 0.5) is 0 Å². The molecule has 0 saturated carbocycles. The summed E-state index contributed by atoms with van der Waals surface area (Å²) in [5.74, 6) is 1.77. The minimum Gasteiger partial charge on any atom is -0.277 e. The van der Waals surface area contributed by atoms with E-state index in [9.17, 15) is 0 Å². The standard InChI is InChI=1S/C57H37N5/c1-57(2)48-26-23-35-12-7-8-17-43(35)52(48)46-25-22-39(32-49(46)57)44-18-9-19-45-47-31-37-14-5-6-15-38(37)33-51(47)62(53(44)45)56-60-54(41-21-20-34-11-3-4-13-36(34)29-41)59-55(61-56)42-24-27-50-40(30-42)16-10-28-58-50/h3-33H,1-2H3. The minimum atomic E-state index is -0.184. The third kappa shape index (κ3) is 5.15. The van der Waals surface area contributed by atoms with E-state index in [0.29, 0.717) is 17.6 Å². The van der Waals surface area contributed by atoms with Crippen molar-refractivity contribution in [2.75, 3.05) is 0 Å². The fourth-order valence-electron chi connectivity index (χ4n) is 10.1. The van der Waals surface area contributed by atoms with Gasteiger partial charge in [-0.15, -0.1) is 0 Å². The maximum absolute atomic E-state index is 5.42. The lowest BCUT2D eigenvalue weighted by molar-refractivity contribution is 0.661. The van der Waals surface area contributed by atoms with Gasteiger partial charge in [0.1, 0.15) is 0 Å². The van der Waals surface area contributed by atoms with Crippen molar-refractivity contribution >= 4 is 65.0 Å². The molecular weight excluding hydrogens is 755 g/mol. The number of nitrogens with zero attached hydrogens (tertiary/aromatic N) is 5. The van der Waals surface area contributed by atoms with Gasteiger partial charge >= 0.3 is 0 Å². The fourth-order valence-corrected chi connectivity index (χ4v) is 10.1. The third-order valence-corrected chi connectivity index (χ3v) is 13.2. The first-order valence-electron chi connectivity index (χ1n) is 21.2. The smallest absolute Gasteiger partial charge is 0.238 e. The molecule has 3 aromatic heterocycles. The van der Waals surface area contributed by atoms with Crippen molar-refractivity contribution in [3.63, 3.8) is 0 Å². The van der Waals surface area contributed by atoms with E-state index < -0.39 is 0 Å². The van der Waals surface area contributed by atoms with Gasteiger partial charge in [0.25, 0.3) is 0 Å². The maximum atomic E-state index is 5.42. The van der Waals surface area contributed by atoms with Gasteiger partial charge in [-0.25, -0.2) is 4.98 Å². The second-order valence-electron chi connectivity index (χ2n) is 17.1. The Morgan fingerprint density at radius 3 is 1.89 bits per heavy atom. The Morgan fingerprint density at radius 2 is 1.06 bits per heavy atom. The quantitative estimate of drug-likeness (QED) is 0.178. The van der Waals surface area contributed by atoms with Crippen molar-refractivity contribution in [1.82, 2.24) is 24.5 Å². The monoisotopic (exact) mass is 791 g/mol. The predicted molar refractivity (Wildman–Crippen MR) is 256 cm³/mol. The zero-order valence-corrected chi connectivity index (χ0v) is 34.1. The Labute approximate surface area is 357 Å². The molecule has 0 fully saturated rings. The van der Waals surface area contributed by atoms with E-state index in [1.54, 1.807) is 0 Å². The summed E-state index contributed by atoms with van der Waals surface area (Å²) in [6.45, 7) is 4.73. The molecule has 13 rings (SSSR count). The highest BCUT2D eigenvalue weighted by atomic mass is 15.2. The summed E-state index contributed by atoms with van der Waals surface area (Å²) >= 11 is 0. The molecule has 5 nitrogen and oxygen atoms in total. The number of rotatable bonds is 4. The zero-order valence-electron chi connectivity index (χ0n) is 34.1. The Balaban J connectivity index is 1.10. The summed E-state index contributed by atoms with van der Waals surface area (Å²) in [4.78, 5) is 20.7. The first-order valence-corrected chi connectivity index (χ1v) is 21.2. The summed E-state index contributed by atoms with van der Waals surface area (Å²) < 4.78 is 2.28. The lowest BCUT2D eigenvalue weighted by Gasteiger charge is -2.22. The molecule has 1 aliphatic rings.